The summed E-state index contributed by atoms with van der Waals surface area (Å²) in [6.07, 6.45) is 6.76. The van der Waals surface area contributed by atoms with E-state index in [0.717, 1.165) is 19.3 Å². The fourth-order valence-corrected chi connectivity index (χ4v) is 4.09. The second-order valence-corrected chi connectivity index (χ2v) is 6.33. The summed E-state index contributed by atoms with van der Waals surface area (Å²) in [7, 11) is 0. The second-order valence-electron chi connectivity index (χ2n) is 4.88. The van der Waals surface area contributed by atoms with Gasteiger partial charge in [-0.3, -0.25) is 14.3 Å². The van der Waals surface area contributed by atoms with Crippen molar-refractivity contribution in [3.8, 4) is 0 Å². The van der Waals surface area contributed by atoms with Crippen LogP contribution in [0.15, 0.2) is 9.59 Å². The summed E-state index contributed by atoms with van der Waals surface area (Å²) in [6.45, 7) is 1.87. The first-order valence-corrected chi connectivity index (χ1v) is 8.32. The van der Waals surface area contributed by atoms with Crippen LogP contribution >= 0.6 is 23.4 Å². The molecule has 106 valence electrons. The monoisotopic (exact) mass is 302 g/mol. The lowest BCUT2D eigenvalue weighted by atomic mass is 9.94. The maximum Gasteiger partial charge on any atom is 0.329 e. The lowest BCUT2D eigenvalue weighted by Gasteiger charge is -2.31. The van der Waals surface area contributed by atoms with Crippen LogP contribution in [0.25, 0.3) is 0 Å². The Hall–Kier alpha value is -0.680. The van der Waals surface area contributed by atoms with E-state index in [9.17, 15) is 9.59 Å². The molecule has 2 rings (SSSR count). The Morgan fingerprint density at radius 2 is 2.05 bits per heavy atom. The van der Waals surface area contributed by atoms with Gasteiger partial charge in [0.25, 0.3) is 5.56 Å². The molecule has 1 N–H and O–H groups in total. The predicted octanol–water partition coefficient (Wildman–Crippen LogP) is 2.60. The number of rotatable bonds is 3. The fourth-order valence-electron chi connectivity index (χ4n) is 2.82. The van der Waals surface area contributed by atoms with Crippen molar-refractivity contribution in [3.05, 3.63) is 31.6 Å². The molecule has 0 radical (unpaired) electrons. The van der Waals surface area contributed by atoms with E-state index in [2.05, 4.69) is 4.98 Å². The molecule has 1 fully saturated rings. The van der Waals surface area contributed by atoms with Crippen molar-refractivity contribution in [1.82, 2.24) is 9.55 Å². The molecule has 0 amide bonds. The average molecular weight is 303 g/mol. The third-order valence-electron chi connectivity index (χ3n) is 3.83. The number of halogens is 1. The highest BCUT2D eigenvalue weighted by Crippen LogP contribution is 2.34. The van der Waals surface area contributed by atoms with E-state index >= 15 is 0 Å². The van der Waals surface area contributed by atoms with Crippen molar-refractivity contribution in [2.75, 3.05) is 6.26 Å². The van der Waals surface area contributed by atoms with Crippen LogP contribution in [0.5, 0.6) is 0 Å². The Morgan fingerprint density at radius 1 is 1.37 bits per heavy atom. The van der Waals surface area contributed by atoms with Gasteiger partial charge in [0.1, 0.15) is 5.15 Å². The highest BCUT2D eigenvalue weighted by molar-refractivity contribution is 7.99. The number of nitrogens with one attached hydrogen (secondary N) is 1. The van der Waals surface area contributed by atoms with Gasteiger partial charge in [-0.25, -0.2) is 4.79 Å². The quantitative estimate of drug-likeness (QED) is 0.873. The zero-order valence-electron chi connectivity index (χ0n) is 11.2. The number of thioether (sulfide) groups is 1. The maximum atomic E-state index is 12.5. The number of aromatic amines is 1. The normalized spacial score (nSPS) is 23.5. The Bertz CT molecular complexity index is 567. The van der Waals surface area contributed by atoms with Gasteiger partial charge in [-0.15, -0.1) is 0 Å². The molecule has 2 atom stereocenters. The van der Waals surface area contributed by atoms with Gasteiger partial charge in [-0.2, -0.15) is 11.8 Å². The smallest absolute Gasteiger partial charge is 0.297 e. The highest BCUT2D eigenvalue weighted by atomic mass is 35.5. The molecule has 0 aliphatic heterocycles. The SMILES string of the molecule is CCc1c(Cl)[nH]c(=O)n(C2CCCCC2SC)c1=O. The van der Waals surface area contributed by atoms with Gasteiger partial charge < -0.3 is 0 Å². The standard InChI is InChI=1S/C13H19ClN2O2S/c1-3-8-11(14)15-13(18)16(12(8)17)9-6-4-5-7-10(9)19-2/h9-10H,3-7H2,1-2H3,(H,15,18). The first-order chi connectivity index (χ1) is 9.10. The molecule has 0 saturated heterocycles. The van der Waals surface area contributed by atoms with E-state index in [1.54, 1.807) is 11.8 Å². The molecule has 19 heavy (non-hydrogen) atoms. The first kappa shape index (κ1) is 14.7. The van der Waals surface area contributed by atoms with Gasteiger partial charge in [0.05, 0.1) is 11.6 Å². The van der Waals surface area contributed by atoms with Crippen LogP contribution in [-0.2, 0) is 6.42 Å². The molecule has 1 heterocycles. The average Bonchev–Trinajstić information content (AvgIpc) is 2.39. The second kappa shape index (κ2) is 6.18. The van der Waals surface area contributed by atoms with E-state index in [1.165, 1.54) is 11.0 Å². The van der Waals surface area contributed by atoms with Crippen molar-refractivity contribution >= 4 is 23.4 Å². The van der Waals surface area contributed by atoms with Gasteiger partial charge >= 0.3 is 5.69 Å². The predicted molar refractivity (Wildman–Crippen MR) is 80.5 cm³/mol. The summed E-state index contributed by atoms with van der Waals surface area (Å²) in [4.78, 5) is 27.2. The molecule has 2 unspecified atom stereocenters. The van der Waals surface area contributed by atoms with Gasteiger partial charge in [0.15, 0.2) is 0 Å². The number of aromatic nitrogens is 2. The molecule has 0 aromatic carbocycles. The number of hydrogen-bond donors (Lipinski definition) is 1. The van der Waals surface area contributed by atoms with E-state index in [-0.39, 0.29) is 22.4 Å². The van der Waals surface area contributed by atoms with Crippen molar-refractivity contribution in [2.24, 2.45) is 0 Å². The van der Waals surface area contributed by atoms with Crippen molar-refractivity contribution < 1.29 is 0 Å². The Kier molecular flexibility index (Phi) is 4.79. The number of H-pyrrole nitrogens is 1. The lowest BCUT2D eigenvalue weighted by molar-refractivity contribution is 0.346. The maximum absolute atomic E-state index is 12.5. The summed E-state index contributed by atoms with van der Waals surface area (Å²) >= 11 is 7.68. The molecule has 1 aromatic heterocycles. The third-order valence-corrected chi connectivity index (χ3v) is 5.31. The molecule has 0 bridgehead atoms. The van der Waals surface area contributed by atoms with Crippen molar-refractivity contribution in [3.63, 3.8) is 0 Å². The van der Waals surface area contributed by atoms with Crippen molar-refractivity contribution in [1.29, 1.82) is 0 Å². The van der Waals surface area contributed by atoms with Crippen LogP contribution in [0.1, 0.15) is 44.2 Å². The minimum absolute atomic E-state index is 0.0115. The molecule has 1 aliphatic carbocycles. The third kappa shape index (κ3) is 2.77. The summed E-state index contributed by atoms with van der Waals surface area (Å²) < 4.78 is 1.39. The summed E-state index contributed by atoms with van der Waals surface area (Å²) in [5.41, 5.74) is -0.0907. The minimum atomic E-state index is -0.377. The van der Waals surface area contributed by atoms with Crippen LogP contribution in [0.2, 0.25) is 5.15 Å². The zero-order valence-corrected chi connectivity index (χ0v) is 12.8. The molecular weight excluding hydrogens is 284 g/mol. The zero-order chi connectivity index (χ0) is 14.0. The Balaban J connectivity index is 2.55. The van der Waals surface area contributed by atoms with Gasteiger partial charge in [0.2, 0.25) is 0 Å². The van der Waals surface area contributed by atoms with Gasteiger partial charge in [-0.05, 0) is 25.5 Å². The van der Waals surface area contributed by atoms with Crippen LogP contribution in [-0.4, -0.2) is 21.1 Å². The lowest BCUT2D eigenvalue weighted by Crippen LogP contribution is -2.44. The van der Waals surface area contributed by atoms with E-state index in [4.69, 9.17) is 11.6 Å². The molecule has 0 spiro atoms. The van der Waals surface area contributed by atoms with E-state index in [1.807, 2.05) is 13.2 Å². The molecule has 4 nitrogen and oxygen atoms in total. The Labute approximate surface area is 121 Å². The van der Waals surface area contributed by atoms with Crippen LogP contribution in [0.4, 0.5) is 0 Å². The fraction of sp³-hybridized carbons (Fsp3) is 0.692. The molecule has 1 aliphatic rings. The Morgan fingerprint density at radius 3 is 2.68 bits per heavy atom. The van der Waals surface area contributed by atoms with E-state index in [0.29, 0.717) is 17.2 Å². The molecule has 1 saturated carbocycles. The molecule has 1 aromatic rings. The number of nitrogens with zero attached hydrogens (tertiary/aromatic N) is 1. The summed E-state index contributed by atoms with van der Waals surface area (Å²) in [5.74, 6) is 0. The van der Waals surface area contributed by atoms with E-state index < -0.39 is 0 Å². The van der Waals surface area contributed by atoms with Crippen LogP contribution in [0, 0.1) is 0 Å². The summed E-state index contributed by atoms with van der Waals surface area (Å²) in [6, 6.07) is -0.0115. The van der Waals surface area contributed by atoms with Crippen molar-refractivity contribution in [2.45, 2.75) is 50.3 Å². The largest absolute Gasteiger partial charge is 0.329 e. The highest BCUT2D eigenvalue weighted by Gasteiger charge is 2.29. The summed E-state index contributed by atoms with van der Waals surface area (Å²) in [5, 5.41) is 0.517. The van der Waals surface area contributed by atoms with Crippen LogP contribution in [0.3, 0.4) is 0 Å². The van der Waals surface area contributed by atoms with Gasteiger partial charge in [-0.1, -0.05) is 31.4 Å². The minimum Gasteiger partial charge on any atom is -0.297 e. The topological polar surface area (TPSA) is 54.9 Å². The molecular formula is C13H19ClN2O2S. The van der Waals surface area contributed by atoms with Gasteiger partial charge in [0, 0.05) is 5.25 Å². The van der Waals surface area contributed by atoms with Crippen LogP contribution < -0.4 is 11.2 Å². The first-order valence-electron chi connectivity index (χ1n) is 6.66. The molecule has 6 heteroatoms. The number of hydrogen-bond acceptors (Lipinski definition) is 3.